The van der Waals surface area contributed by atoms with Crippen molar-refractivity contribution in [3.05, 3.63) is 64.5 Å². The molecule has 7 heteroatoms. The van der Waals surface area contributed by atoms with Crippen molar-refractivity contribution in [3.8, 4) is 17.0 Å². The minimum absolute atomic E-state index is 0.177. The van der Waals surface area contributed by atoms with Gasteiger partial charge < -0.3 is 4.74 Å². The van der Waals surface area contributed by atoms with Gasteiger partial charge in [-0.05, 0) is 38.5 Å². The van der Waals surface area contributed by atoms with Gasteiger partial charge in [0.2, 0.25) is 16.8 Å². The molecule has 4 rings (SSSR count). The van der Waals surface area contributed by atoms with Crippen LogP contribution in [0.1, 0.15) is 23.1 Å². The third-order valence-electron chi connectivity index (χ3n) is 4.61. The normalized spacial score (nSPS) is 11.0. The van der Waals surface area contributed by atoms with Gasteiger partial charge in [-0.25, -0.2) is 4.52 Å². The summed E-state index contributed by atoms with van der Waals surface area (Å²) in [7, 11) is 0. The van der Waals surface area contributed by atoms with E-state index >= 15 is 0 Å². The van der Waals surface area contributed by atoms with Gasteiger partial charge in [-0.15, -0.1) is 16.4 Å². The van der Waals surface area contributed by atoms with Crippen molar-refractivity contribution in [2.45, 2.75) is 27.2 Å². The molecule has 4 aromatic rings. The van der Waals surface area contributed by atoms with Crippen LogP contribution >= 0.6 is 11.3 Å². The Hall–Kier alpha value is -3.19. The molecule has 0 radical (unpaired) electrons. The van der Waals surface area contributed by atoms with Crippen molar-refractivity contribution < 1.29 is 9.53 Å². The van der Waals surface area contributed by atoms with Crippen LogP contribution in [0, 0.1) is 20.8 Å². The SMILES string of the molecule is Cc1ccc(OCCC(=O)Nc2nc3scc(-c4ccc(C)cc4C)n3n2)cc1. The van der Waals surface area contributed by atoms with E-state index in [-0.39, 0.29) is 12.3 Å². The van der Waals surface area contributed by atoms with E-state index in [2.05, 4.69) is 47.4 Å². The number of hydrogen-bond donors (Lipinski definition) is 1. The summed E-state index contributed by atoms with van der Waals surface area (Å²) in [5.41, 5.74) is 5.65. The number of aryl methyl sites for hydroxylation is 3. The van der Waals surface area contributed by atoms with E-state index in [1.54, 1.807) is 4.52 Å². The highest BCUT2D eigenvalue weighted by Crippen LogP contribution is 2.28. The molecule has 0 fully saturated rings. The molecule has 0 aliphatic heterocycles. The third-order valence-corrected chi connectivity index (χ3v) is 5.43. The number of amides is 1. The number of benzene rings is 2. The summed E-state index contributed by atoms with van der Waals surface area (Å²) < 4.78 is 7.39. The number of fused-ring (bicyclic) bond motifs is 1. The molecule has 0 aliphatic carbocycles. The lowest BCUT2D eigenvalue weighted by Gasteiger charge is -2.06. The van der Waals surface area contributed by atoms with Crippen molar-refractivity contribution in [1.29, 1.82) is 0 Å². The Labute approximate surface area is 173 Å². The highest BCUT2D eigenvalue weighted by atomic mass is 32.1. The van der Waals surface area contributed by atoms with E-state index in [1.165, 1.54) is 28.0 Å². The minimum Gasteiger partial charge on any atom is -0.493 e. The Balaban J connectivity index is 1.41. The molecule has 148 valence electrons. The fraction of sp³-hybridized carbons (Fsp3) is 0.227. The summed E-state index contributed by atoms with van der Waals surface area (Å²) in [6.45, 7) is 6.47. The number of nitrogens with zero attached hydrogens (tertiary/aromatic N) is 3. The second-order valence-electron chi connectivity index (χ2n) is 7.03. The topological polar surface area (TPSA) is 68.5 Å². The number of thiazole rings is 1. The van der Waals surface area contributed by atoms with Crippen molar-refractivity contribution >= 4 is 28.2 Å². The highest BCUT2D eigenvalue weighted by Gasteiger charge is 2.14. The molecule has 0 saturated heterocycles. The number of hydrogen-bond acceptors (Lipinski definition) is 5. The van der Waals surface area contributed by atoms with Gasteiger partial charge in [0.05, 0.1) is 18.7 Å². The molecule has 0 spiro atoms. The monoisotopic (exact) mass is 406 g/mol. The van der Waals surface area contributed by atoms with Gasteiger partial charge in [-0.3, -0.25) is 10.1 Å². The van der Waals surface area contributed by atoms with Crippen LogP contribution in [0.3, 0.4) is 0 Å². The molecule has 0 atom stereocenters. The molecular weight excluding hydrogens is 384 g/mol. The summed E-state index contributed by atoms with van der Waals surface area (Å²) in [4.78, 5) is 17.4. The second kappa shape index (κ2) is 8.05. The first-order valence-corrected chi connectivity index (χ1v) is 10.3. The fourth-order valence-corrected chi connectivity index (χ4v) is 3.93. The lowest BCUT2D eigenvalue weighted by Crippen LogP contribution is -2.16. The Morgan fingerprint density at radius 1 is 1.10 bits per heavy atom. The predicted octanol–water partition coefficient (Wildman–Crippen LogP) is 4.79. The molecule has 1 N–H and O–H groups in total. The summed E-state index contributed by atoms with van der Waals surface area (Å²) in [5.74, 6) is 0.883. The number of carbonyl (C=O) groups excluding carboxylic acids is 1. The first kappa shape index (κ1) is 19.1. The zero-order valence-electron chi connectivity index (χ0n) is 16.6. The molecule has 2 aromatic heterocycles. The molecule has 0 aliphatic rings. The van der Waals surface area contributed by atoms with Crippen LogP contribution in [-0.2, 0) is 4.79 Å². The average Bonchev–Trinajstić information content (AvgIpc) is 3.24. The van der Waals surface area contributed by atoms with Gasteiger partial charge in [0.1, 0.15) is 5.75 Å². The van der Waals surface area contributed by atoms with Gasteiger partial charge >= 0.3 is 0 Å². The molecular formula is C22H22N4O2S. The molecule has 0 bridgehead atoms. The maximum Gasteiger partial charge on any atom is 0.250 e. The van der Waals surface area contributed by atoms with Crippen molar-refractivity contribution in [2.24, 2.45) is 0 Å². The Morgan fingerprint density at radius 3 is 2.62 bits per heavy atom. The highest BCUT2D eigenvalue weighted by molar-refractivity contribution is 7.15. The van der Waals surface area contributed by atoms with E-state index in [9.17, 15) is 4.79 Å². The molecule has 0 saturated carbocycles. The van der Waals surface area contributed by atoms with Crippen LogP contribution in [0.5, 0.6) is 5.75 Å². The van der Waals surface area contributed by atoms with Crippen molar-refractivity contribution in [2.75, 3.05) is 11.9 Å². The number of ether oxygens (including phenoxy) is 1. The first-order chi connectivity index (χ1) is 14.0. The van der Waals surface area contributed by atoms with E-state index in [4.69, 9.17) is 4.74 Å². The van der Waals surface area contributed by atoms with Gasteiger partial charge in [0.15, 0.2) is 0 Å². The zero-order valence-corrected chi connectivity index (χ0v) is 17.4. The Morgan fingerprint density at radius 2 is 1.86 bits per heavy atom. The second-order valence-corrected chi connectivity index (χ2v) is 7.87. The standard InChI is InChI=1S/C22H22N4O2S/c1-14-4-7-17(8-5-14)28-11-10-20(27)23-21-24-22-26(25-21)19(13-29-22)18-9-6-15(2)12-16(18)3/h4-9,12-13H,10-11H2,1-3H3,(H,23,25,27). The van der Waals surface area contributed by atoms with Crippen LogP contribution in [0.2, 0.25) is 0 Å². The van der Waals surface area contributed by atoms with Crippen LogP contribution in [0.4, 0.5) is 5.95 Å². The van der Waals surface area contributed by atoms with Crippen molar-refractivity contribution in [3.63, 3.8) is 0 Å². The Kier molecular flexibility index (Phi) is 5.31. The van der Waals surface area contributed by atoms with Gasteiger partial charge in [0.25, 0.3) is 0 Å². The van der Waals surface area contributed by atoms with E-state index in [0.717, 1.165) is 22.0 Å². The maximum atomic E-state index is 12.2. The fourth-order valence-electron chi connectivity index (χ4n) is 3.10. The number of rotatable bonds is 6. The Bertz CT molecular complexity index is 1160. The smallest absolute Gasteiger partial charge is 0.250 e. The third kappa shape index (κ3) is 4.30. The van der Waals surface area contributed by atoms with Gasteiger partial charge in [0, 0.05) is 10.9 Å². The maximum absolute atomic E-state index is 12.2. The quantitative estimate of drug-likeness (QED) is 0.500. The van der Waals surface area contributed by atoms with Crippen LogP contribution in [0.25, 0.3) is 16.2 Å². The molecule has 6 nitrogen and oxygen atoms in total. The molecule has 2 heterocycles. The van der Waals surface area contributed by atoms with Crippen LogP contribution in [0.15, 0.2) is 47.8 Å². The molecule has 2 aromatic carbocycles. The molecule has 1 amide bonds. The van der Waals surface area contributed by atoms with Crippen LogP contribution < -0.4 is 10.1 Å². The van der Waals surface area contributed by atoms with Crippen molar-refractivity contribution in [1.82, 2.24) is 14.6 Å². The number of anilines is 1. The number of aromatic nitrogens is 3. The largest absolute Gasteiger partial charge is 0.493 e. The average molecular weight is 407 g/mol. The van der Waals surface area contributed by atoms with Crippen LogP contribution in [-0.4, -0.2) is 27.1 Å². The minimum atomic E-state index is -0.177. The predicted molar refractivity (Wildman–Crippen MR) is 116 cm³/mol. The number of carbonyl (C=O) groups is 1. The summed E-state index contributed by atoms with van der Waals surface area (Å²) in [5, 5.41) is 9.27. The van der Waals surface area contributed by atoms with E-state index < -0.39 is 0 Å². The van der Waals surface area contributed by atoms with E-state index in [1.807, 2.05) is 36.6 Å². The first-order valence-electron chi connectivity index (χ1n) is 9.41. The summed E-state index contributed by atoms with van der Waals surface area (Å²) >= 11 is 1.50. The van der Waals surface area contributed by atoms with Gasteiger partial charge in [-0.1, -0.05) is 41.5 Å². The molecule has 0 unspecified atom stereocenters. The van der Waals surface area contributed by atoms with E-state index in [0.29, 0.717) is 12.6 Å². The summed E-state index contributed by atoms with van der Waals surface area (Å²) in [6.07, 6.45) is 0.227. The zero-order chi connectivity index (χ0) is 20.4. The lowest BCUT2D eigenvalue weighted by molar-refractivity contribution is -0.116. The number of nitrogens with one attached hydrogen (secondary N) is 1. The molecule has 29 heavy (non-hydrogen) atoms. The van der Waals surface area contributed by atoms with Gasteiger partial charge in [-0.2, -0.15) is 4.98 Å². The summed E-state index contributed by atoms with van der Waals surface area (Å²) in [6, 6.07) is 14.1. The lowest BCUT2D eigenvalue weighted by atomic mass is 10.0.